The Balaban J connectivity index is 1.59. The van der Waals surface area contributed by atoms with Crippen molar-refractivity contribution in [2.45, 2.75) is 25.0 Å². The molecule has 3 rings (SSSR count). The number of likely N-dealkylation sites (N-methyl/N-ethyl adjacent to an activating group) is 1. The number of aromatic nitrogens is 1. The smallest absolute Gasteiger partial charge is 0.123 e. The molecule has 2 fully saturated rings. The van der Waals surface area contributed by atoms with Gasteiger partial charge in [-0.3, -0.25) is 0 Å². The molecule has 1 aromatic heterocycles. The summed E-state index contributed by atoms with van der Waals surface area (Å²) in [5.41, 5.74) is 6.76. The van der Waals surface area contributed by atoms with Gasteiger partial charge in [0.2, 0.25) is 0 Å². The first kappa shape index (κ1) is 12.7. The number of morpholine rings is 1. The predicted molar refractivity (Wildman–Crippen MR) is 76.3 cm³/mol. The summed E-state index contributed by atoms with van der Waals surface area (Å²) in [5.74, 6) is 0.571. The van der Waals surface area contributed by atoms with E-state index in [9.17, 15) is 0 Å². The molecule has 0 radical (unpaired) electrons. The van der Waals surface area contributed by atoms with Gasteiger partial charge in [0.15, 0.2) is 0 Å². The average molecular weight is 262 g/mol. The number of nitrogens with zero attached hydrogens (tertiary/aromatic N) is 3. The van der Waals surface area contributed by atoms with E-state index in [1.54, 1.807) is 0 Å². The summed E-state index contributed by atoms with van der Waals surface area (Å²) >= 11 is 0. The van der Waals surface area contributed by atoms with E-state index in [1.165, 1.54) is 12.8 Å². The van der Waals surface area contributed by atoms with Crippen molar-refractivity contribution in [3.8, 4) is 0 Å². The molecule has 1 saturated carbocycles. The lowest BCUT2D eigenvalue weighted by molar-refractivity contribution is 0.0192. The third-order valence-electron chi connectivity index (χ3n) is 3.94. The molecule has 1 saturated heterocycles. The molecule has 5 heteroatoms. The fourth-order valence-electron chi connectivity index (χ4n) is 2.63. The lowest BCUT2D eigenvalue weighted by Crippen LogP contribution is -2.47. The van der Waals surface area contributed by atoms with Gasteiger partial charge < -0.3 is 20.3 Å². The number of hydrogen-bond donors (Lipinski definition) is 1. The number of hydrogen-bond acceptors (Lipinski definition) is 5. The summed E-state index contributed by atoms with van der Waals surface area (Å²) in [7, 11) is 2.20. The second-order valence-electron chi connectivity index (χ2n) is 5.55. The first-order chi connectivity index (χ1) is 9.22. The lowest BCUT2D eigenvalue weighted by Gasteiger charge is -2.36. The molecular weight excluding hydrogens is 240 g/mol. The second kappa shape index (κ2) is 5.35. The zero-order valence-electron chi connectivity index (χ0n) is 11.5. The number of rotatable bonds is 4. The van der Waals surface area contributed by atoms with Gasteiger partial charge in [-0.1, -0.05) is 0 Å². The quantitative estimate of drug-likeness (QED) is 0.876. The van der Waals surface area contributed by atoms with Crippen molar-refractivity contribution < 1.29 is 4.74 Å². The van der Waals surface area contributed by atoms with Crippen LogP contribution in [-0.4, -0.2) is 55.3 Å². The molecule has 1 aliphatic heterocycles. The highest BCUT2D eigenvalue weighted by Gasteiger charge is 2.29. The molecule has 1 atom stereocenters. The van der Waals surface area contributed by atoms with Gasteiger partial charge in [-0.2, -0.15) is 0 Å². The topological polar surface area (TPSA) is 54.6 Å². The molecule has 0 aromatic carbocycles. The molecular formula is C14H22N4O. The Bertz CT molecular complexity index is 418. The van der Waals surface area contributed by atoms with Crippen molar-refractivity contribution in [2.24, 2.45) is 0 Å². The third-order valence-corrected chi connectivity index (χ3v) is 3.94. The summed E-state index contributed by atoms with van der Waals surface area (Å²) < 4.78 is 5.87. The molecule has 5 nitrogen and oxygen atoms in total. The first-order valence-electron chi connectivity index (χ1n) is 7.00. The fourth-order valence-corrected chi connectivity index (χ4v) is 2.63. The van der Waals surface area contributed by atoms with Crippen LogP contribution in [0.25, 0.3) is 0 Å². The van der Waals surface area contributed by atoms with Gasteiger partial charge in [-0.25, -0.2) is 4.98 Å². The van der Waals surface area contributed by atoms with Crippen molar-refractivity contribution in [3.05, 3.63) is 18.3 Å². The van der Waals surface area contributed by atoms with E-state index in [4.69, 9.17) is 10.5 Å². The van der Waals surface area contributed by atoms with Crippen LogP contribution in [0.15, 0.2) is 18.3 Å². The van der Waals surface area contributed by atoms with E-state index < -0.39 is 0 Å². The summed E-state index contributed by atoms with van der Waals surface area (Å²) in [5, 5.41) is 0. The molecule has 0 unspecified atom stereocenters. The Kier molecular flexibility index (Phi) is 3.57. The molecule has 0 spiro atoms. The highest BCUT2D eigenvalue weighted by atomic mass is 16.5. The van der Waals surface area contributed by atoms with E-state index in [0.717, 1.165) is 38.0 Å². The minimum Gasteiger partial charge on any atom is -0.384 e. The van der Waals surface area contributed by atoms with Crippen LogP contribution < -0.4 is 10.6 Å². The van der Waals surface area contributed by atoms with E-state index in [1.807, 2.05) is 18.3 Å². The number of nitrogen functional groups attached to an aromatic ring is 1. The predicted octanol–water partition coefficient (Wildman–Crippen LogP) is 0.963. The van der Waals surface area contributed by atoms with Crippen LogP contribution in [0.4, 0.5) is 11.5 Å². The van der Waals surface area contributed by atoms with Crippen molar-refractivity contribution in [1.29, 1.82) is 0 Å². The van der Waals surface area contributed by atoms with Gasteiger partial charge in [0.25, 0.3) is 0 Å². The highest BCUT2D eigenvalue weighted by Crippen LogP contribution is 2.26. The van der Waals surface area contributed by atoms with E-state index >= 15 is 0 Å². The van der Waals surface area contributed by atoms with E-state index in [0.29, 0.717) is 5.82 Å². The van der Waals surface area contributed by atoms with Crippen LogP contribution in [0.3, 0.4) is 0 Å². The number of pyridine rings is 1. The SMILES string of the molecule is CN(C[C@H]1CN(c2ccc(N)nc2)CCO1)C1CC1. The molecule has 104 valence electrons. The van der Waals surface area contributed by atoms with Crippen LogP contribution in [0.2, 0.25) is 0 Å². The summed E-state index contributed by atoms with van der Waals surface area (Å²) in [6.07, 6.45) is 4.82. The minimum atomic E-state index is 0.289. The second-order valence-corrected chi connectivity index (χ2v) is 5.55. The third kappa shape index (κ3) is 3.16. The normalized spacial score (nSPS) is 23.9. The standard InChI is InChI=1S/C14H22N4O/c1-17(11-2-3-11)9-13-10-18(6-7-19-13)12-4-5-14(15)16-8-12/h4-5,8,11,13H,2-3,6-7,9-10H2,1H3,(H2,15,16)/t13-/m0/s1. The van der Waals surface area contributed by atoms with E-state index in [-0.39, 0.29) is 6.10 Å². The van der Waals surface area contributed by atoms with Gasteiger partial charge in [0.1, 0.15) is 5.82 Å². The van der Waals surface area contributed by atoms with Gasteiger partial charge in [0, 0.05) is 25.7 Å². The maximum absolute atomic E-state index is 5.87. The zero-order valence-corrected chi connectivity index (χ0v) is 11.5. The van der Waals surface area contributed by atoms with Gasteiger partial charge in [0.05, 0.1) is 24.6 Å². The Morgan fingerprint density at radius 3 is 3.00 bits per heavy atom. The van der Waals surface area contributed by atoms with Crippen LogP contribution in [-0.2, 0) is 4.74 Å². The van der Waals surface area contributed by atoms with E-state index in [2.05, 4.69) is 21.8 Å². The Morgan fingerprint density at radius 1 is 1.47 bits per heavy atom. The summed E-state index contributed by atoms with van der Waals surface area (Å²) in [6.45, 7) is 3.66. The fraction of sp³-hybridized carbons (Fsp3) is 0.643. The van der Waals surface area contributed by atoms with Crippen molar-refractivity contribution in [3.63, 3.8) is 0 Å². The molecule has 2 N–H and O–H groups in total. The maximum atomic E-state index is 5.87. The van der Waals surface area contributed by atoms with Crippen molar-refractivity contribution in [1.82, 2.24) is 9.88 Å². The molecule has 19 heavy (non-hydrogen) atoms. The molecule has 1 aromatic rings. The molecule has 0 amide bonds. The van der Waals surface area contributed by atoms with Crippen LogP contribution >= 0.6 is 0 Å². The number of anilines is 2. The Hall–Kier alpha value is -1.33. The number of ether oxygens (including phenoxy) is 1. The molecule has 2 aliphatic rings. The van der Waals surface area contributed by atoms with Gasteiger partial charge in [-0.15, -0.1) is 0 Å². The zero-order chi connectivity index (χ0) is 13.2. The molecule has 0 bridgehead atoms. The molecule has 1 aliphatic carbocycles. The summed E-state index contributed by atoms with van der Waals surface area (Å²) in [6, 6.07) is 4.68. The Labute approximate surface area is 114 Å². The van der Waals surface area contributed by atoms with Crippen LogP contribution in [0, 0.1) is 0 Å². The van der Waals surface area contributed by atoms with Crippen LogP contribution in [0.5, 0.6) is 0 Å². The Morgan fingerprint density at radius 2 is 2.32 bits per heavy atom. The molecule has 2 heterocycles. The van der Waals surface area contributed by atoms with Crippen molar-refractivity contribution >= 4 is 11.5 Å². The average Bonchev–Trinajstić information content (AvgIpc) is 3.24. The van der Waals surface area contributed by atoms with Crippen LogP contribution in [0.1, 0.15) is 12.8 Å². The minimum absolute atomic E-state index is 0.289. The van der Waals surface area contributed by atoms with Crippen molar-refractivity contribution in [2.75, 3.05) is 43.9 Å². The number of nitrogens with two attached hydrogens (primary N) is 1. The highest BCUT2D eigenvalue weighted by molar-refractivity contribution is 5.48. The van der Waals surface area contributed by atoms with Gasteiger partial charge >= 0.3 is 0 Å². The maximum Gasteiger partial charge on any atom is 0.123 e. The first-order valence-corrected chi connectivity index (χ1v) is 7.00. The monoisotopic (exact) mass is 262 g/mol. The lowest BCUT2D eigenvalue weighted by atomic mass is 10.2. The largest absolute Gasteiger partial charge is 0.384 e. The summed E-state index contributed by atoms with van der Waals surface area (Å²) in [4.78, 5) is 8.92. The van der Waals surface area contributed by atoms with Gasteiger partial charge in [-0.05, 0) is 32.0 Å².